The Hall–Kier alpha value is -2.76. The molecular formula is C21H30N4O2. The Morgan fingerprint density at radius 3 is 2.63 bits per heavy atom. The molecule has 27 heavy (non-hydrogen) atoms. The molecule has 146 valence electrons. The van der Waals surface area contributed by atoms with Crippen LogP contribution < -0.4 is 20.1 Å². The van der Waals surface area contributed by atoms with E-state index in [1.54, 1.807) is 13.3 Å². The lowest BCUT2D eigenvalue weighted by Crippen LogP contribution is -2.36. The third kappa shape index (κ3) is 6.81. The van der Waals surface area contributed by atoms with Crippen LogP contribution in [-0.2, 0) is 13.1 Å². The van der Waals surface area contributed by atoms with Crippen LogP contribution in [0.15, 0.2) is 41.5 Å². The maximum Gasteiger partial charge on any atom is 0.213 e. The number of aryl methyl sites for hydroxylation is 1. The van der Waals surface area contributed by atoms with Gasteiger partial charge in [0.15, 0.2) is 5.96 Å². The quantitative estimate of drug-likeness (QED) is 0.550. The van der Waals surface area contributed by atoms with Crippen LogP contribution in [0, 0.1) is 6.92 Å². The van der Waals surface area contributed by atoms with Crippen molar-refractivity contribution in [3.05, 3.63) is 53.2 Å². The lowest BCUT2D eigenvalue weighted by molar-refractivity contribution is 0.232. The molecule has 0 spiro atoms. The summed E-state index contributed by atoms with van der Waals surface area (Å²) in [7, 11) is 1.69. The van der Waals surface area contributed by atoms with E-state index in [-0.39, 0.29) is 6.10 Å². The largest absolute Gasteiger partial charge is 0.496 e. The van der Waals surface area contributed by atoms with Gasteiger partial charge < -0.3 is 20.1 Å². The minimum Gasteiger partial charge on any atom is -0.496 e. The van der Waals surface area contributed by atoms with Gasteiger partial charge in [-0.3, -0.25) is 0 Å². The Kier molecular flexibility index (Phi) is 7.92. The van der Waals surface area contributed by atoms with Gasteiger partial charge in [-0.1, -0.05) is 18.2 Å². The van der Waals surface area contributed by atoms with Crippen molar-refractivity contribution in [2.75, 3.05) is 13.7 Å². The van der Waals surface area contributed by atoms with E-state index < -0.39 is 0 Å². The van der Waals surface area contributed by atoms with Crippen LogP contribution in [0.1, 0.15) is 37.5 Å². The van der Waals surface area contributed by atoms with E-state index in [2.05, 4.69) is 39.7 Å². The maximum absolute atomic E-state index is 5.57. The first kappa shape index (κ1) is 20.6. The van der Waals surface area contributed by atoms with Gasteiger partial charge >= 0.3 is 0 Å². The van der Waals surface area contributed by atoms with Crippen molar-refractivity contribution < 1.29 is 9.47 Å². The van der Waals surface area contributed by atoms with Crippen LogP contribution in [0.25, 0.3) is 0 Å². The number of aliphatic imine (C=N–C) groups is 1. The SMILES string of the molecule is CCNC(=NCc1ccc(OC(C)C)nc1)NCc1ccc(C)cc1OC. The summed E-state index contributed by atoms with van der Waals surface area (Å²) in [5, 5.41) is 6.62. The van der Waals surface area contributed by atoms with Crippen molar-refractivity contribution in [3.63, 3.8) is 0 Å². The molecule has 6 heteroatoms. The average Bonchev–Trinajstić information content (AvgIpc) is 2.65. The standard InChI is InChI=1S/C21H30N4O2/c1-6-22-21(25-14-18-9-7-16(4)11-19(18)26-5)24-13-17-8-10-20(23-12-17)27-15(2)3/h7-12,15H,6,13-14H2,1-5H3,(H2,22,24,25). The summed E-state index contributed by atoms with van der Waals surface area (Å²) >= 11 is 0. The van der Waals surface area contributed by atoms with Gasteiger partial charge in [-0.15, -0.1) is 0 Å². The molecule has 0 aliphatic carbocycles. The predicted molar refractivity (Wildman–Crippen MR) is 109 cm³/mol. The predicted octanol–water partition coefficient (Wildman–Crippen LogP) is 3.44. The summed E-state index contributed by atoms with van der Waals surface area (Å²) < 4.78 is 11.0. The smallest absolute Gasteiger partial charge is 0.213 e. The molecule has 1 heterocycles. The van der Waals surface area contributed by atoms with Crippen LogP contribution in [0.2, 0.25) is 0 Å². The van der Waals surface area contributed by atoms with Gasteiger partial charge in [0.25, 0.3) is 0 Å². The van der Waals surface area contributed by atoms with Gasteiger partial charge in [0.2, 0.25) is 5.88 Å². The van der Waals surface area contributed by atoms with Gasteiger partial charge in [0.05, 0.1) is 19.8 Å². The molecular weight excluding hydrogens is 340 g/mol. The van der Waals surface area contributed by atoms with E-state index in [1.165, 1.54) is 5.56 Å². The molecule has 0 atom stereocenters. The van der Waals surface area contributed by atoms with E-state index in [0.29, 0.717) is 19.0 Å². The lowest BCUT2D eigenvalue weighted by Gasteiger charge is -2.14. The molecule has 0 amide bonds. The highest BCUT2D eigenvalue weighted by Gasteiger charge is 2.05. The molecule has 6 nitrogen and oxygen atoms in total. The Morgan fingerprint density at radius 2 is 2.00 bits per heavy atom. The number of hydrogen-bond acceptors (Lipinski definition) is 4. The number of rotatable bonds is 8. The highest BCUT2D eigenvalue weighted by molar-refractivity contribution is 5.79. The highest BCUT2D eigenvalue weighted by atomic mass is 16.5. The molecule has 2 rings (SSSR count). The zero-order valence-electron chi connectivity index (χ0n) is 16.9. The minimum atomic E-state index is 0.115. The maximum atomic E-state index is 5.57. The molecule has 0 fully saturated rings. The van der Waals surface area contributed by atoms with Gasteiger partial charge in [-0.2, -0.15) is 0 Å². The van der Waals surface area contributed by atoms with Crippen LogP contribution in [0.4, 0.5) is 0 Å². The van der Waals surface area contributed by atoms with Crippen molar-refractivity contribution in [2.24, 2.45) is 4.99 Å². The summed E-state index contributed by atoms with van der Waals surface area (Å²) in [5.74, 6) is 2.26. The molecule has 0 radical (unpaired) electrons. The number of guanidine groups is 1. The van der Waals surface area contributed by atoms with Crippen molar-refractivity contribution in [3.8, 4) is 11.6 Å². The zero-order chi connectivity index (χ0) is 19.6. The summed E-state index contributed by atoms with van der Waals surface area (Å²) in [6, 6.07) is 10.1. The van der Waals surface area contributed by atoms with Gasteiger partial charge in [0, 0.05) is 30.9 Å². The Labute approximate surface area is 162 Å². The number of pyridine rings is 1. The fourth-order valence-electron chi connectivity index (χ4n) is 2.50. The summed E-state index contributed by atoms with van der Waals surface area (Å²) in [5.41, 5.74) is 3.29. The molecule has 0 saturated heterocycles. The van der Waals surface area contributed by atoms with E-state index >= 15 is 0 Å². The Morgan fingerprint density at radius 1 is 1.19 bits per heavy atom. The normalized spacial score (nSPS) is 11.4. The second-order valence-electron chi connectivity index (χ2n) is 6.54. The van der Waals surface area contributed by atoms with E-state index in [1.807, 2.05) is 39.0 Å². The third-order valence-electron chi connectivity index (χ3n) is 3.81. The minimum absolute atomic E-state index is 0.115. The van der Waals surface area contributed by atoms with Crippen LogP contribution in [0.3, 0.4) is 0 Å². The van der Waals surface area contributed by atoms with Crippen molar-refractivity contribution >= 4 is 5.96 Å². The fourth-order valence-corrected chi connectivity index (χ4v) is 2.50. The Bertz CT molecular complexity index is 742. The zero-order valence-corrected chi connectivity index (χ0v) is 16.9. The molecule has 1 aromatic carbocycles. The first-order chi connectivity index (χ1) is 13.0. The number of benzene rings is 1. The molecule has 0 aliphatic heterocycles. The first-order valence-corrected chi connectivity index (χ1v) is 9.29. The van der Waals surface area contributed by atoms with Gasteiger partial charge in [-0.25, -0.2) is 9.98 Å². The fraction of sp³-hybridized carbons (Fsp3) is 0.429. The molecule has 1 aromatic heterocycles. The molecule has 2 aromatic rings. The number of nitrogens with zero attached hydrogens (tertiary/aromatic N) is 2. The summed E-state index contributed by atoms with van der Waals surface area (Å²) in [6.45, 7) is 10.0. The molecule has 0 aliphatic rings. The number of methoxy groups -OCH3 is 1. The number of ether oxygens (including phenoxy) is 2. The Balaban J connectivity index is 1.99. The second-order valence-corrected chi connectivity index (χ2v) is 6.54. The first-order valence-electron chi connectivity index (χ1n) is 9.29. The highest BCUT2D eigenvalue weighted by Crippen LogP contribution is 2.19. The van der Waals surface area contributed by atoms with Crippen molar-refractivity contribution in [1.29, 1.82) is 0 Å². The molecule has 0 bridgehead atoms. The van der Waals surface area contributed by atoms with Crippen molar-refractivity contribution in [1.82, 2.24) is 15.6 Å². The number of aromatic nitrogens is 1. The van der Waals surface area contributed by atoms with Crippen LogP contribution in [0.5, 0.6) is 11.6 Å². The molecule has 2 N–H and O–H groups in total. The van der Waals surface area contributed by atoms with Crippen LogP contribution in [-0.4, -0.2) is 30.7 Å². The summed E-state index contributed by atoms with van der Waals surface area (Å²) in [4.78, 5) is 8.95. The van der Waals surface area contributed by atoms with Crippen LogP contribution >= 0.6 is 0 Å². The lowest BCUT2D eigenvalue weighted by atomic mass is 10.1. The number of hydrogen-bond donors (Lipinski definition) is 2. The molecule has 0 unspecified atom stereocenters. The topological polar surface area (TPSA) is 67.8 Å². The second kappa shape index (κ2) is 10.4. The van der Waals surface area contributed by atoms with E-state index in [0.717, 1.165) is 29.4 Å². The number of nitrogens with one attached hydrogen (secondary N) is 2. The van der Waals surface area contributed by atoms with Gasteiger partial charge in [0.1, 0.15) is 5.75 Å². The molecule has 0 saturated carbocycles. The summed E-state index contributed by atoms with van der Waals surface area (Å²) in [6.07, 6.45) is 1.91. The van der Waals surface area contributed by atoms with E-state index in [4.69, 9.17) is 9.47 Å². The van der Waals surface area contributed by atoms with Crippen molar-refractivity contribution in [2.45, 2.75) is 46.9 Å². The third-order valence-corrected chi connectivity index (χ3v) is 3.81. The average molecular weight is 370 g/mol. The van der Waals surface area contributed by atoms with Gasteiger partial charge in [-0.05, 0) is 44.9 Å². The monoisotopic (exact) mass is 370 g/mol. The van der Waals surface area contributed by atoms with E-state index in [9.17, 15) is 0 Å².